The fraction of sp³-hybridized carbons (Fsp3) is 0.286. The molecule has 3 aromatic rings. The predicted molar refractivity (Wildman–Crippen MR) is 123 cm³/mol. The van der Waals surface area contributed by atoms with Crippen LogP contribution in [0.5, 0.6) is 0 Å². The molecule has 0 atom stereocenters. The van der Waals surface area contributed by atoms with E-state index in [0.29, 0.717) is 5.56 Å². The van der Waals surface area contributed by atoms with Crippen LogP contribution < -0.4 is 5.32 Å². The molecule has 13 heteroatoms. The van der Waals surface area contributed by atoms with Crippen LogP contribution in [0.1, 0.15) is 23.2 Å². The molecule has 0 bridgehead atoms. The standard InChI is InChI=1S/C21H23N5O6S2/c1-25(2)33(28,29)17-12-6-15(7-13-17)20-23-24-21(32-20)22-19(27)14-4-10-18(11-5-14)34(30,31)26(3)16-8-9-16/h4-7,10-13,16H,8-9H2,1-3H3,(H,22,24,27). The molecule has 0 aliphatic heterocycles. The number of amides is 1. The Morgan fingerprint density at radius 3 is 2.00 bits per heavy atom. The number of nitrogens with zero attached hydrogens (tertiary/aromatic N) is 4. The van der Waals surface area contributed by atoms with Crippen molar-refractivity contribution in [1.82, 2.24) is 18.8 Å². The van der Waals surface area contributed by atoms with E-state index in [2.05, 4.69) is 15.5 Å². The van der Waals surface area contributed by atoms with Crippen molar-refractivity contribution in [3.63, 3.8) is 0 Å². The van der Waals surface area contributed by atoms with Crippen molar-refractivity contribution in [3.8, 4) is 11.5 Å². The molecule has 0 radical (unpaired) electrons. The second kappa shape index (κ2) is 8.91. The molecule has 1 heterocycles. The largest absolute Gasteiger partial charge is 0.403 e. The second-order valence-electron chi connectivity index (χ2n) is 7.96. The van der Waals surface area contributed by atoms with Crippen molar-refractivity contribution in [3.05, 3.63) is 54.1 Å². The normalized spacial score (nSPS) is 14.5. The maximum Gasteiger partial charge on any atom is 0.322 e. The smallest absolute Gasteiger partial charge is 0.322 e. The number of aromatic nitrogens is 2. The molecule has 0 saturated heterocycles. The summed E-state index contributed by atoms with van der Waals surface area (Å²) in [5.41, 5.74) is 0.686. The van der Waals surface area contributed by atoms with Crippen LogP contribution >= 0.6 is 0 Å². The van der Waals surface area contributed by atoms with E-state index in [9.17, 15) is 21.6 Å². The Kier molecular flexibility index (Phi) is 6.29. The average Bonchev–Trinajstić information content (AvgIpc) is 3.57. The summed E-state index contributed by atoms with van der Waals surface area (Å²) < 4.78 is 57.4. The average molecular weight is 506 g/mol. The fourth-order valence-corrected chi connectivity index (χ4v) is 5.44. The van der Waals surface area contributed by atoms with Crippen LogP contribution in [-0.2, 0) is 20.0 Å². The predicted octanol–water partition coefficient (Wildman–Crippen LogP) is 2.02. The monoisotopic (exact) mass is 505 g/mol. The van der Waals surface area contributed by atoms with Crippen LogP contribution in [0.25, 0.3) is 11.5 Å². The van der Waals surface area contributed by atoms with Crippen molar-refractivity contribution < 1.29 is 26.0 Å². The van der Waals surface area contributed by atoms with Gasteiger partial charge in [0.25, 0.3) is 5.91 Å². The third-order valence-electron chi connectivity index (χ3n) is 5.38. The highest BCUT2D eigenvalue weighted by Crippen LogP contribution is 2.30. The van der Waals surface area contributed by atoms with Gasteiger partial charge >= 0.3 is 6.01 Å². The molecule has 1 N–H and O–H groups in total. The molecule has 1 aromatic heterocycles. The SMILES string of the molecule is CN(C)S(=O)(=O)c1ccc(-c2nnc(NC(=O)c3ccc(S(=O)(=O)N(C)C4CC4)cc3)o2)cc1. The van der Waals surface area contributed by atoms with Gasteiger partial charge in [-0.1, -0.05) is 5.10 Å². The molecule has 2 aromatic carbocycles. The summed E-state index contributed by atoms with van der Waals surface area (Å²) in [5, 5.41) is 10.1. The maximum atomic E-state index is 12.6. The molecule has 0 spiro atoms. The lowest BCUT2D eigenvalue weighted by molar-refractivity contribution is 0.102. The highest BCUT2D eigenvalue weighted by atomic mass is 32.2. The van der Waals surface area contributed by atoms with E-state index in [0.717, 1.165) is 17.1 Å². The summed E-state index contributed by atoms with van der Waals surface area (Å²) in [6.45, 7) is 0. The highest BCUT2D eigenvalue weighted by Gasteiger charge is 2.35. The number of nitrogens with one attached hydrogen (secondary N) is 1. The quantitative estimate of drug-likeness (QED) is 0.490. The van der Waals surface area contributed by atoms with E-state index in [-0.39, 0.29) is 33.3 Å². The van der Waals surface area contributed by atoms with E-state index in [4.69, 9.17) is 4.42 Å². The van der Waals surface area contributed by atoms with E-state index in [1.807, 2.05) is 0 Å². The highest BCUT2D eigenvalue weighted by molar-refractivity contribution is 7.89. The topological polar surface area (TPSA) is 143 Å². The summed E-state index contributed by atoms with van der Waals surface area (Å²) in [7, 11) is -2.74. The number of benzene rings is 2. The molecular weight excluding hydrogens is 482 g/mol. The van der Waals surface area contributed by atoms with Gasteiger partial charge in [-0.3, -0.25) is 10.1 Å². The summed E-state index contributed by atoms with van der Waals surface area (Å²) in [6.07, 6.45) is 1.70. The van der Waals surface area contributed by atoms with Crippen LogP contribution in [0, 0.1) is 0 Å². The van der Waals surface area contributed by atoms with Gasteiger partial charge in [0.15, 0.2) is 0 Å². The number of hydrogen-bond donors (Lipinski definition) is 1. The molecule has 180 valence electrons. The first-order chi connectivity index (χ1) is 16.0. The number of sulfonamides is 2. The number of anilines is 1. The van der Waals surface area contributed by atoms with Gasteiger partial charge in [0.05, 0.1) is 9.79 Å². The zero-order valence-electron chi connectivity index (χ0n) is 18.7. The minimum atomic E-state index is -3.60. The molecule has 4 rings (SSSR count). The summed E-state index contributed by atoms with van der Waals surface area (Å²) in [4.78, 5) is 12.7. The van der Waals surface area contributed by atoms with Crippen LogP contribution in [-0.4, -0.2) is 68.7 Å². The first kappa shape index (κ1) is 24.0. The van der Waals surface area contributed by atoms with Gasteiger partial charge in [0.2, 0.25) is 25.9 Å². The summed E-state index contributed by atoms with van der Waals surface area (Å²) in [6, 6.07) is 11.3. The number of carbonyl (C=O) groups excluding carboxylic acids is 1. The van der Waals surface area contributed by atoms with Crippen molar-refractivity contribution in [2.75, 3.05) is 26.5 Å². The van der Waals surface area contributed by atoms with Gasteiger partial charge in [0.1, 0.15) is 0 Å². The van der Waals surface area contributed by atoms with Gasteiger partial charge < -0.3 is 4.42 Å². The van der Waals surface area contributed by atoms with E-state index in [1.165, 1.54) is 66.9 Å². The number of hydrogen-bond acceptors (Lipinski definition) is 8. The molecular formula is C21H23N5O6S2. The zero-order valence-corrected chi connectivity index (χ0v) is 20.3. The summed E-state index contributed by atoms with van der Waals surface area (Å²) in [5.74, 6) is -0.462. The van der Waals surface area contributed by atoms with E-state index < -0.39 is 26.0 Å². The first-order valence-electron chi connectivity index (χ1n) is 10.3. The Hall–Kier alpha value is -3.13. The molecule has 11 nitrogen and oxygen atoms in total. The Morgan fingerprint density at radius 1 is 0.882 bits per heavy atom. The van der Waals surface area contributed by atoms with Crippen molar-refractivity contribution in [2.24, 2.45) is 0 Å². The minimum Gasteiger partial charge on any atom is -0.403 e. The van der Waals surface area contributed by atoms with Gasteiger partial charge in [-0.25, -0.2) is 21.1 Å². The Morgan fingerprint density at radius 2 is 1.44 bits per heavy atom. The van der Waals surface area contributed by atoms with Crippen LogP contribution in [0.3, 0.4) is 0 Å². The van der Waals surface area contributed by atoms with E-state index >= 15 is 0 Å². The number of rotatable bonds is 8. The molecule has 0 unspecified atom stereocenters. The van der Waals surface area contributed by atoms with Gasteiger partial charge in [-0.2, -0.15) is 4.31 Å². The lowest BCUT2D eigenvalue weighted by atomic mass is 10.2. The maximum absolute atomic E-state index is 12.6. The minimum absolute atomic E-state index is 0.0355. The van der Waals surface area contributed by atoms with Gasteiger partial charge in [0, 0.05) is 38.3 Å². The third kappa shape index (κ3) is 4.73. The van der Waals surface area contributed by atoms with Crippen molar-refractivity contribution in [1.29, 1.82) is 0 Å². The van der Waals surface area contributed by atoms with Crippen molar-refractivity contribution >= 4 is 32.0 Å². The third-order valence-corrected chi connectivity index (χ3v) is 9.13. The first-order valence-corrected chi connectivity index (χ1v) is 13.1. The summed E-state index contributed by atoms with van der Waals surface area (Å²) >= 11 is 0. The Bertz CT molecular complexity index is 1410. The fourth-order valence-electron chi connectivity index (χ4n) is 3.12. The van der Waals surface area contributed by atoms with Crippen LogP contribution in [0.15, 0.2) is 62.7 Å². The molecule has 1 aliphatic carbocycles. The molecule has 34 heavy (non-hydrogen) atoms. The second-order valence-corrected chi connectivity index (χ2v) is 12.1. The van der Waals surface area contributed by atoms with E-state index in [1.54, 1.807) is 7.05 Å². The Balaban J connectivity index is 1.44. The van der Waals surface area contributed by atoms with Crippen LogP contribution in [0.2, 0.25) is 0 Å². The molecule has 1 amide bonds. The molecule has 1 saturated carbocycles. The van der Waals surface area contributed by atoms with Crippen molar-refractivity contribution in [2.45, 2.75) is 28.7 Å². The molecule has 1 fully saturated rings. The van der Waals surface area contributed by atoms with Gasteiger partial charge in [-0.05, 0) is 61.4 Å². The Labute approximate surface area is 197 Å². The molecule has 1 aliphatic rings. The number of carbonyl (C=O) groups is 1. The lowest BCUT2D eigenvalue weighted by Gasteiger charge is -2.16. The zero-order chi connectivity index (χ0) is 24.7. The lowest BCUT2D eigenvalue weighted by Crippen LogP contribution is -2.29. The van der Waals surface area contributed by atoms with Gasteiger partial charge in [-0.15, -0.1) is 5.10 Å². The van der Waals surface area contributed by atoms with Crippen LogP contribution in [0.4, 0.5) is 6.01 Å².